The molecule has 1 heterocycles. The van der Waals surface area contributed by atoms with Gasteiger partial charge in [-0.05, 0) is 23.7 Å². The number of piperidine rings is 1. The van der Waals surface area contributed by atoms with Gasteiger partial charge in [0, 0.05) is 25.2 Å². The van der Waals surface area contributed by atoms with Gasteiger partial charge in [0.05, 0.1) is 0 Å². The number of hydrogen-bond donors (Lipinski definition) is 2. The van der Waals surface area contributed by atoms with Crippen molar-refractivity contribution in [1.82, 2.24) is 9.03 Å². The monoisotopic (exact) mass is 289 g/mol. The second-order valence-electron chi connectivity index (χ2n) is 7.14. The van der Waals surface area contributed by atoms with E-state index >= 15 is 0 Å². The van der Waals surface area contributed by atoms with Crippen LogP contribution in [0.1, 0.15) is 47.0 Å². The van der Waals surface area contributed by atoms with Gasteiger partial charge in [-0.3, -0.25) is 0 Å². The van der Waals surface area contributed by atoms with Crippen molar-refractivity contribution in [2.75, 3.05) is 13.1 Å². The maximum Gasteiger partial charge on any atom is 0.279 e. The van der Waals surface area contributed by atoms with Gasteiger partial charge in [-0.25, -0.2) is 0 Å². The molecule has 5 nitrogen and oxygen atoms in total. The topological polar surface area (TPSA) is 75.4 Å². The molecule has 0 aromatic carbocycles. The van der Waals surface area contributed by atoms with E-state index in [0.717, 1.165) is 19.3 Å². The Labute approximate surface area is 117 Å². The Balaban J connectivity index is 2.12. The molecule has 3 N–H and O–H groups in total. The van der Waals surface area contributed by atoms with Crippen LogP contribution >= 0.6 is 0 Å². The van der Waals surface area contributed by atoms with Gasteiger partial charge in [0.1, 0.15) is 0 Å². The Bertz CT molecular complexity index is 423. The molecule has 1 aliphatic heterocycles. The van der Waals surface area contributed by atoms with E-state index in [1.54, 1.807) is 4.31 Å². The molecule has 2 aliphatic rings. The van der Waals surface area contributed by atoms with E-state index in [9.17, 15) is 8.42 Å². The highest BCUT2D eigenvalue weighted by Crippen LogP contribution is 2.52. The third kappa shape index (κ3) is 2.44. The van der Waals surface area contributed by atoms with Crippen molar-refractivity contribution in [1.29, 1.82) is 0 Å². The quantitative estimate of drug-likeness (QED) is 0.816. The maximum absolute atomic E-state index is 12.4. The van der Waals surface area contributed by atoms with Gasteiger partial charge in [-0.1, -0.05) is 34.1 Å². The standard InChI is InChI=1S/C13H27N3O2S/c1-12(2)10(14)13(3,4)11(12)15-19(17,18)16-8-6-5-7-9-16/h10-11,15H,5-9,14H2,1-4H3. The summed E-state index contributed by atoms with van der Waals surface area (Å²) in [4.78, 5) is 0. The van der Waals surface area contributed by atoms with E-state index in [1.807, 2.05) is 27.7 Å². The van der Waals surface area contributed by atoms with Gasteiger partial charge in [0.15, 0.2) is 0 Å². The summed E-state index contributed by atoms with van der Waals surface area (Å²) in [5, 5.41) is 0. The third-order valence-corrected chi connectivity index (χ3v) is 6.59. The largest absolute Gasteiger partial charge is 0.327 e. The molecule has 0 spiro atoms. The average molecular weight is 289 g/mol. The van der Waals surface area contributed by atoms with Crippen LogP contribution in [0, 0.1) is 10.8 Å². The number of hydrogen-bond acceptors (Lipinski definition) is 3. The van der Waals surface area contributed by atoms with Gasteiger partial charge in [0.2, 0.25) is 0 Å². The van der Waals surface area contributed by atoms with Crippen LogP contribution in [0.2, 0.25) is 0 Å². The predicted molar refractivity (Wildman–Crippen MR) is 76.8 cm³/mol. The minimum absolute atomic E-state index is 0.00839. The Morgan fingerprint density at radius 2 is 1.53 bits per heavy atom. The third-order valence-electron chi connectivity index (χ3n) is 5.01. The van der Waals surface area contributed by atoms with E-state index in [4.69, 9.17) is 5.73 Å². The van der Waals surface area contributed by atoms with E-state index in [1.165, 1.54) is 0 Å². The molecular weight excluding hydrogens is 262 g/mol. The van der Waals surface area contributed by atoms with Crippen LogP contribution in [-0.4, -0.2) is 37.9 Å². The van der Waals surface area contributed by atoms with Crippen LogP contribution in [-0.2, 0) is 10.2 Å². The highest BCUT2D eigenvalue weighted by molar-refractivity contribution is 7.87. The summed E-state index contributed by atoms with van der Waals surface area (Å²) < 4.78 is 29.4. The molecule has 2 rings (SSSR count). The van der Waals surface area contributed by atoms with Crippen molar-refractivity contribution < 1.29 is 8.42 Å². The first-order valence-electron chi connectivity index (χ1n) is 7.13. The van der Waals surface area contributed by atoms with Crippen LogP contribution in [0.3, 0.4) is 0 Å². The van der Waals surface area contributed by atoms with E-state index < -0.39 is 10.2 Å². The highest BCUT2D eigenvalue weighted by Gasteiger charge is 2.61. The molecule has 1 aliphatic carbocycles. The summed E-state index contributed by atoms with van der Waals surface area (Å²) in [5.74, 6) is 0. The Morgan fingerprint density at radius 3 is 2.00 bits per heavy atom. The predicted octanol–water partition coefficient (Wildman–Crippen LogP) is 1.07. The molecule has 1 saturated carbocycles. The van der Waals surface area contributed by atoms with Gasteiger partial charge in [0.25, 0.3) is 10.2 Å². The number of nitrogens with two attached hydrogens (primary N) is 1. The molecule has 0 amide bonds. The molecule has 0 atom stereocenters. The number of nitrogens with one attached hydrogen (secondary N) is 1. The molecule has 0 radical (unpaired) electrons. The summed E-state index contributed by atoms with van der Waals surface area (Å²) in [6, 6.07) is -0.101. The van der Waals surface area contributed by atoms with Gasteiger partial charge >= 0.3 is 0 Å². The Hall–Kier alpha value is -0.170. The molecule has 0 unspecified atom stereocenters. The normalized spacial score (nSPS) is 34.8. The smallest absolute Gasteiger partial charge is 0.279 e. The second kappa shape index (κ2) is 4.69. The Kier molecular flexibility index (Phi) is 3.75. The molecule has 0 bridgehead atoms. The van der Waals surface area contributed by atoms with E-state index in [2.05, 4.69) is 4.72 Å². The summed E-state index contributed by atoms with van der Waals surface area (Å²) in [7, 11) is -3.38. The lowest BCUT2D eigenvalue weighted by Crippen LogP contribution is -2.76. The zero-order valence-corrected chi connectivity index (χ0v) is 13.3. The van der Waals surface area contributed by atoms with Crippen molar-refractivity contribution >= 4 is 10.2 Å². The zero-order valence-electron chi connectivity index (χ0n) is 12.4. The van der Waals surface area contributed by atoms with Crippen molar-refractivity contribution in [3.05, 3.63) is 0 Å². The van der Waals surface area contributed by atoms with Gasteiger partial charge in [-0.15, -0.1) is 0 Å². The first-order valence-corrected chi connectivity index (χ1v) is 8.57. The zero-order chi connectivity index (χ0) is 14.5. The lowest BCUT2D eigenvalue weighted by molar-refractivity contribution is -0.0601. The highest BCUT2D eigenvalue weighted by atomic mass is 32.2. The minimum Gasteiger partial charge on any atom is -0.327 e. The number of rotatable bonds is 3. The minimum atomic E-state index is -3.38. The first-order chi connectivity index (χ1) is 8.60. The molecule has 0 aromatic rings. The van der Waals surface area contributed by atoms with Crippen molar-refractivity contribution in [2.45, 2.75) is 59.0 Å². The molecule has 2 fully saturated rings. The van der Waals surface area contributed by atoms with Crippen molar-refractivity contribution in [2.24, 2.45) is 16.6 Å². The SMILES string of the molecule is CC1(C)C(N)C(C)(C)C1NS(=O)(=O)N1CCCCC1. The summed E-state index contributed by atoms with van der Waals surface area (Å²) in [6.07, 6.45) is 3.03. The molecular formula is C13H27N3O2S. The number of nitrogens with zero attached hydrogens (tertiary/aromatic N) is 1. The van der Waals surface area contributed by atoms with Crippen LogP contribution in [0.5, 0.6) is 0 Å². The molecule has 0 aromatic heterocycles. The first kappa shape index (κ1) is 15.2. The molecule has 6 heteroatoms. The van der Waals surface area contributed by atoms with Crippen molar-refractivity contribution in [3.8, 4) is 0 Å². The lowest BCUT2D eigenvalue weighted by Gasteiger charge is -2.62. The molecule has 1 saturated heterocycles. The average Bonchev–Trinajstić information content (AvgIpc) is 2.36. The van der Waals surface area contributed by atoms with Crippen LogP contribution in [0.4, 0.5) is 0 Å². The van der Waals surface area contributed by atoms with E-state index in [0.29, 0.717) is 13.1 Å². The van der Waals surface area contributed by atoms with Gasteiger partial charge < -0.3 is 5.73 Å². The van der Waals surface area contributed by atoms with Crippen LogP contribution in [0.25, 0.3) is 0 Å². The Morgan fingerprint density at radius 1 is 1.05 bits per heavy atom. The van der Waals surface area contributed by atoms with Crippen molar-refractivity contribution in [3.63, 3.8) is 0 Å². The summed E-state index contributed by atoms with van der Waals surface area (Å²) in [6.45, 7) is 9.40. The van der Waals surface area contributed by atoms with Crippen LogP contribution in [0.15, 0.2) is 0 Å². The fourth-order valence-corrected chi connectivity index (χ4v) is 5.61. The fourth-order valence-electron chi connectivity index (χ4n) is 3.81. The van der Waals surface area contributed by atoms with Crippen LogP contribution < -0.4 is 10.5 Å². The maximum atomic E-state index is 12.4. The summed E-state index contributed by atoms with van der Waals surface area (Å²) in [5.41, 5.74) is 5.77. The summed E-state index contributed by atoms with van der Waals surface area (Å²) >= 11 is 0. The van der Waals surface area contributed by atoms with Gasteiger partial charge in [-0.2, -0.15) is 17.4 Å². The second-order valence-corrected chi connectivity index (χ2v) is 8.84. The molecule has 112 valence electrons. The fraction of sp³-hybridized carbons (Fsp3) is 1.00. The lowest BCUT2D eigenvalue weighted by atomic mass is 9.49. The van der Waals surface area contributed by atoms with E-state index in [-0.39, 0.29) is 22.9 Å². The molecule has 19 heavy (non-hydrogen) atoms.